The zero-order chi connectivity index (χ0) is 20.5. The van der Waals surface area contributed by atoms with E-state index < -0.39 is 17.7 Å². The van der Waals surface area contributed by atoms with Gasteiger partial charge < -0.3 is 5.11 Å². The third-order valence-electron chi connectivity index (χ3n) is 5.37. The number of hydrogen-bond acceptors (Lipinski definition) is 3. The Morgan fingerprint density at radius 3 is 2.07 bits per heavy atom. The average Bonchev–Trinajstić information content (AvgIpc) is 3.01. The van der Waals surface area contributed by atoms with Gasteiger partial charge in [-0.2, -0.15) is 0 Å². The van der Waals surface area contributed by atoms with Crippen molar-refractivity contribution < 1.29 is 14.7 Å². The van der Waals surface area contributed by atoms with Crippen molar-refractivity contribution in [2.24, 2.45) is 0 Å². The van der Waals surface area contributed by atoms with Crippen LogP contribution in [0.15, 0.2) is 84.4 Å². The molecule has 1 aliphatic heterocycles. The van der Waals surface area contributed by atoms with Gasteiger partial charge in [-0.05, 0) is 48.7 Å². The highest BCUT2D eigenvalue weighted by molar-refractivity contribution is 6.51. The molecule has 1 amide bonds. The van der Waals surface area contributed by atoms with Gasteiger partial charge in [0.1, 0.15) is 5.76 Å². The summed E-state index contributed by atoms with van der Waals surface area (Å²) in [6.45, 7) is 3.93. The Hall–Kier alpha value is -3.66. The predicted octanol–water partition coefficient (Wildman–Crippen LogP) is 4.93. The fraction of sp³-hybridized carbons (Fsp3) is 0.120. The topological polar surface area (TPSA) is 57.6 Å². The average molecular weight is 383 g/mol. The Bertz CT molecular complexity index is 1120. The number of ketones is 1. The highest BCUT2D eigenvalue weighted by atomic mass is 16.3. The largest absolute Gasteiger partial charge is 0.507 e. The lowest BCUT2D eigenvalue weighted by molar-refractivity contribution is -0.132. The minimum absolute atomic E-state index is 0.105. The maximum atomic E-state index is 13.0. The number of para-hydroxylation sites is 1. The highest BCUT2D eigenvalue weighted by Gasteiger charge is 2.46. The SMILES string of the molecule is Cc1ccc(/C(O)=C2/C(=O)C(=O)N(c3ccccc3)C2c2ccccc2)cc1C. The Balaban J connectivity index is 1.95. The minimum Gasteiger partial charge on any atom is -0.507 e. The number of anilines is 1. The van der Waals surface area contributed by atoms with Crippen LogP contribution in [0.1, 0.15) is 28.3 Å². The van der Waals surface area contributed by atoms with Crippen LogP contribution >= 0.6 is 0 Å². The number of aryl methyl sites for hydroxylation is 2. The second-order valence-electron chi connectivity index (χ2n) is 7.21. The number of benzene rings is 3. The van der Waals surface area contributed by atoms with Crippen LogP contribution in [0.3, 0.4) is 0 Å². The lowest BCUT2D eigenvalue weighted by atomic mass is 9.94. The van der Waals surface area contributed by atoms with E-state index in [1.54, 1.807) is 18.2 Å². The van der Waals surface area contributed by atoms with Gasteiger partial charge in [-0.15, -0.1) is 0 Å². The second kappa shape index (κ2) is 7.40. The van der Waals surface area contributed by atoms with Gasteiger partial charge in [-0.1, -0.05) is 60.7 Å². The maximum Gasteiger partial charge on any atom is 0.300 e. The summed E-state index contributed by atoms with van der Waals surface area (Å²) in [5, 5.41) is 11.1. The molecule has 0 saturated carbocycles. The lowest BCUT2D eigenvalue weighted by Crippen LogP contribution is -2.29. The monoisotopic (exact) mass is 383 g/mol. The van der Waals surface area contributed by atoms with Crippen molar-refractivity contribution in [1.82, 2.24) is 0 Å². The molecule has 4 rings (SSSR count). The normalized spacial score (nSPS) is 18.3. The fourth-order valence-corrected chi connectivity index (χ4v) is 3.68. The molecular weight excluding hydrogens is 362 g/mol. The number of amides is 1. The van der Waals surface area contributed by atoms with Crippen LogP contribution in [0.25, 0.3) is 5.76 Å². The van der Waals surface area contributed by atoms with Crippen molar-refractivity contribution in [3.8, 4) is 0 Å². The van der Waals surface area contributed by atoms with Crippen molar-refractivity contribution in [3.63, 3.8) is 0 Å². The summed E-state index contributed by atoms with van der Waals surface area (Å²) in [4.78, 5) is 27.5. The van der Waals surface area contributed by atoms with Crippen molar-refractivity contribution in [2.45, 2.75) is 19.9 Å². The molecule has 1 unspecified atom stereocenters. The number of hydrogen-bond donors (Lipinski definition) is 1. The number of nitrogens with zero attached hydrogens (tertiary/aromatic N) is 1. The van der Waals surface area contributed by atoms with Crippen molar-refractivity contribution in [2.75, 3.05) is 4.90 Å². The van der Waals surface area contributed by atoms with Crippen LogP contribution in [-0.2, 0) is 9.59 Å². The summed E-state index contributed by atoms with van der Waals surface area (Å²) < 4.78 is 0. The fourth-order valence-electron chi connectivity index (χ4n) is 3.68. The summed E-state index contributed by atoms with van der Waals surface area (Å²) in [7, 11) is 0. The number of aliphatic hydroxyl groups is 1. The number of Topliss-reactive ketones (excluding diaryl/α,β-unsaturated/α-hetero) is 1. The molecule has 3 aromatic rings. The van der Waals surface area contributed by atoms with Crippen molar-refractivity contribution in [3.05, 3.63) is 107 Å². The van der Waals surface area contributed by atoms with Crippen molar-refractivity contribution in [1.29, 1.82) is 0 Å². The molecule has 0 bridgehead atoms. The first-order valence-electron chi connectivity index (χ1n) is 9.47. The molecular formula is C25H21NO3. The molecule has 1 saturated heterocycles. The molecule has 4 nitrogen and oxygen atoms in total. The van der Waals surface area contributed by atoms with E-state index in [-0.39, 0.29) is 11.3 Å². The van der Waals surface area contributed by atoms with E-state index in [4.69, 9.17) is 0 Å². The van der Waals surface area contributed by atoms with Gasteiger partial charge in [0, 0.05) is 11.3 Å². The van der Waals surface area contributed by atoms with Crippen LogP contribution in [-0.4, -0.2) is 16.8 Å². The van der Waals surface area contributed by atoms with Crippen LogP contribution in [0.5, 0.6) is 0 Å². The van der Waals surface area contributed by atoms with E-state index in [2.05, 4.69) is 0 Å². The van der Waals surface area contributed by atoms with Gasteiger partial charge in [-0.25, -0.2) is 0 Å². The smallest absolute Gasteiger partial charge is 0.300 e. The van der Waals surface area contributed by atoms with E-state index in [1.165, 1.54) is 4.90 Å². The summed E-state index contributed by atoms with van der Waals surface area (Å²) in [6, 6.07) is 23.2. The molecule has 3 aromatic carbocycles. The molecule has 144 valence electrons. The van der Waals surface area contributed by atoms with Gasteiger partial charge in [0.2, 0.25) is 0 Å². The maximum absolute atomic E-state index is 13.0. The number of rotatable bonds is 3. The number of carbonyl (C=O) groups is 2. The van der Waals surface area contributed by atoms with Crippen molar-refractivity contribution >= 4 is 23.1 Å². The van der Waals surface area contributed by atoms with Crippen LogP contribution in [0.4, 0.5) is 5.69 Å². The van der Waals surface area contributed by atoms with Crippen LogP contribution in [0.2, 0.25) is 0 Å². The van der Waals surface area contributed by atoms with Gasteiger partial charge >= 0.3 is 0 Å². The highest BCUT2D eigenvalue weighted by Crippen LogP contribution is 2.42. The Morgan fingerprint density at radius 1 is 0.828 bits per heavy atom. The summed E-state index contributed by atoms with van der Waals surface area (Å²) in [5.41, 5.74) is 4.10. The number of carbonyl (C=O) groups excluding carboxylic acids is 2. The second-order valence-corrected chi connectivity index (χ2v) is 7.21. The van der Waals surface area contributed by atoms with Crippen LogP contribution < -0.4 is 4.90 Å². The Labute approximate surface area is 169 Å². The lowest BCUT2D eigenvalue weighted by Gasteiger charge is -2.25. The summed E-state index contributed by atoms with van der Waals surface area (Å²) >= 11 is 0. The van der Waals surface area contributed by atoms with E-state index in [0.29, 0.717) is 11.3 Å². The standard InChI is InChI=1S/C25H21NO3/c1-16-13-14-19(15-17(16)2)23(27)21-22(18-9-5-3-6-10-18)26(25(29)24(21)28)20-11-7-4-8-12-20/h3-15,22,27H,1-2H3/b23-21-. The first kappa shape index (κ1) is 18.7. The summed E-state index contributed by atoms with van der Waals surface area (Å²) in [6.07, 6.45) is 0. The van der Waals surface area contributed by atoms with E-state index in [1.807, 2.05) is 74.5 Å². The molecule has 1 fully saturated rings. The van der Waals surface area contributed by atoms with Gasteiger partial charge in [-0.3, -0.25) is 14.5 Å². The van der Waals surface area contributed by atoms with E-state index >= 15 is 0 Å². The minimum atomic E-state index is -0.694. The molecule has 1 heterocycles. The molecule has 29 heavy (non-hydrogen) atoms. The van der Waals surface area contributed by atoms with Gasteiger partial charge in [0.05, 0.1) is 11.6 Å². The molecule has 0 spiro atoms. The molecule has 4 heteroatoms. The molecule has 0 aliphatic carbocycles. The first-order valence-corrected chi connectivity index (χ1v) is 9.47. The molecule has 1 aliphatic rings. The van der Waals surface area contributed by atoms with E-state index in [9.17, 15) is 14.7 Å². The third kappa shape index (κ3) is 3.23. The zero-order valence-corrected chi connectivity index (χ0v) is 16.3. The molecule has 1 atom stereocenters. The third-order valence-corrected chi connectivity index (χ3v) is 5.37. The quantitative estimate of drug-likeness (QED) is 0.396. The zero-order valence-electron chi connectivity index (χ0n) is 16.3. The molecule has 1 N–H and O–H groups in total. The Morgan fingerprint density at radius 2 is 1.45 bits per heavy atom. The Kier molecular flexibility index (Phi) is 4.77. The van der Waals surface area contributed by atoms with Gasteiger partial charge in [0.15, 0.2) is 0 Å². The van der Waals surface area contributed by atoms with Gasteiger partial charge in [0.25, 0.3) is 11.7 Å². The predicted molar refractivity (Wildman–Crippen MR) is 114 cm³/mol. The van der Waals surface area contributed by atoms with Crippen LogP contribution in [0, 0.1) is 13.8 Å². The molecule has 0 radical (unpaired) electrons. The summed E-state index contributed by atoms with van der Waals surface area (Å²) in [5.74, 6) is -1.48. The number of aliphatic hydroxyl groups excluding tert-OH is 1. The van der Waals surface area contributed by atoms with E-state index in [0.717, 1.165) is 16.7 Å². The molecule has 0 aromatic heterocycles. The first-order chi connectivity index (χ1) is 14.0.